The molecule has 1 rings (SSSR count). The van der Waals surface area contributed by atoms with Gasteiger partial charge in [-0.25, -0.2) is 4.79 Å². The van der Waals surface area contributed by atoms with Crippen LogP contribution in [0.4, 0.5) is 0 Å². The molecule has 0 heterocycles. The standard InChI is InChI=1S/C14H19O5/c1-14(2,17-4)9-10-18-19-13(15)11-5-7-12(16-3)8-6-11/h5-8,10H,9H2,1-4H3. The Hall–Kier alpha value is -1.59. The second-order valence-electron chi connectivity index (χ2n) is 4.53. The van der Waals surface area contributed by atoms with Crippen LogP contribution < -0.4 is 4.74 Å². The van der Waals surface area contributed by atoms with Gasteiger partial charge in [-0.15, -0.1) is 0 Å². The van der Waals surface area contributed by atoms with E-state index in [9.17, 15) is 4.79 Å². The Morgan fingerprint density at radius 1 is 1.21 bits per heavy atom. The average Bonchev–Trinajstić information content (AvgIpc) is 2.43. The number of hydrogen-bond acceptors (Lipinski definition) is 5. The summed E-state index contributed by atoms with van der Waals surface area (Å²) in [5, 5.41) is 0. The SMILES string of the molecule is COc1ccc(C(=O)OO[CH]CC(C)(C)OC)cc1. The van der Waals surface area contributed by atoms with Crippen LogP contribution in [0.5, 0.6) is 5.75 Å². The molecule has 1 aromatic carbocycles. The lowest BCUT2D eigenvalue weighted by atomic mass is 10.1. The smallest absolute Gasteiger partial charge is 0.373 e. The van der Waals surface area contributed by atoms with Gasteiger partial charge >= 0.3 is 5.97 Å². The Bertz CT molecular complexity index is 397. The van der Waals surface area contributed by atoms with Crippen molar-refractivity contribution in [2.45, 2.75) is 25.9 Å². The third kappa shape index (κ3) is 5.28. The number of rotatable bonds is 7. The van der Waals surface area contributed by atoms with Crippen molar-refractivity contribution in [1.29, 1.82) is 0 Å². The first-order valence-corrected chi connectivity index (χ1v) is 5.87. The molecule has 5 nitrogen and oxygen atoms in total. The van der Waals surface area contributed by atoms with Crippen molar-refractivity contribution in [2.24, 2.45) is 0 Å². The molecule has 1 radical (unpaired) electrons. The summed E-state index contributed by atoms with van der Waals surface area (Å²) in [5.74, 6) is 0.111. The van der Waals surface area contributed by atoms with Gasteiger partial charge in [0, 0.05) is 13.5 Å². The molecule has 0 amide bonds. The van der Waals surface area contributed by atoms with Crippen LogP contribution >= 0.6 is 0 Å². The lowest BCUT2D eigenvalue weighted by Gasteiger charge is -2.21. The zero-order valence-corrected chi connectivity index (χ0v) is 11.6. The van der Waals surface area contributed by atoms with Crippen LogP contribution in [0, 0.1) is 6.61 Å². The van der Waals surface area contributed by atoms with E-state index in [0.29, 0.717) is 17.7 Å². The van der Waals surface area contributed by atoms with Crippen molar-refractivity contribution < 1.29 is 24.0 Å². The minimum Gasteiger partial charge on any atom is -0.497 e. The summed E-state index contributed by atoms with van der Waals surface area (Å²) >= 11 is 0. The first-order valence-electron chi connectivity index (χ1n) is 5.87. The molecular formula is C14H19O5. The Labute approximate surface area is 113 Å². The quantitative estimate of drug-likeness (QED) is 0.432. The predicted molar refractivity (Wildman–Crippen MR) is 69.5 cm³/mol. The van der Waals surface area contributed by atoms with Crippen molar-refractivity contribution in [2.75, 3.05) is 14.2 Å². The molecule has 0 N–H and O–H groups in total. The highest BCUT2D eigenvalue weighted by atomic mass is 17.2. The van der Waals surface area contributed by atoms with E-state index in [4.69, 9.17) is 14.4 Å². The van der Waals surface area contributed by atoms with Gasteiger partial charge in [0.2, 0.25) is 0 Å². The highest BCUT2D eigenvalue weighted by Crippen LogP contribution is 2.16. The zero-order chi connectivity index (χ0) is 14.3. The molecule has 0 fully saturated rings. The molecule has 0 aliphatic rings. The van der Waals surface area contributed by atoms with Gasteiger partial charge in [0.25, 0.3) is 0 Å². The van der Waals surface area contributed by atoms with E-state index >= 15 is 0 Å². The second kappa shape index (κ2) is 7.11. The van der Waals surface area contributed by atoms with Gasteiger partial charge in [-0.3, -0.25) is 4.89 Å². The minimum absolute atomic E-state index is 0.355. The summed E-state index contributed by atoms with van der Waals surface area (Å²) in [6.07, 6.45) is 0.499. The van der Waals surface area contributed by atoms with Crippen LogP contribution in [-0.4, -0.2) is 25.8 Å². The summed E-state index contributed by atoms with van der Waals surface area (Å²) in [6, 6.07) is 6.55. The van der Waals surface area contributed by atoms with E-state index in [0.717, 1.165) is 0 Å². The summed E-state index contributed by atoms with van der Waals surface area (Å²) in [7, 11) is 3.17. The third-order valence-corrected chi connectivity index (χ3v) is 2.65. The number of carbonyl (C=O) groups is 1. The first kappa shape index (κ1) is 15.5. The maximum Gasteiger partial charge on any atom is 0.373 e. The van der Waals surface area contributed by atoms with E-state index in [1.54, 1.807) is 38.5 Å². The number of methoxy groups -OCH3 is 2. The van der Waals surface area contributed by atoms with Crippen LogP contribution in [0.15, 0.2) is 24.3 Å². The van der Waals surface area contributed by atoms with E-state index in [2.05, 4.69) is 4.89 Å². The fourth-order valence-corrected chi connectivity index (χ4v) is 1.17. The molecule has 19 heavy (non-hydrogen) atoms. The van der Waals surface area contributed by atoms with Crippen LogP contribution in [-0.2, 0) is 14.5 Å². The molecule has 0 saturated carbocycles. The number of ether oxygens (including phenoxy) is 2. The zero-order valence-electron chi connectivity index (χ0n) is 11.6. The van der Waals surface area contributed by atoms with Crippen LogP contribution in [0.2, 0.25) is 0 Å². The first-order chi connectivity index (χ1) is 8.98. The molecule has 0 saturated heterocycles. The lowest BCUT2D eigenvalue weighted by Crippen LogP contribution is -2.22. The molecule has 0 aliphatic heterocycles. The molecule has 0 bridgehead atoms. The Balaban J connectivity index is 2.35. The van der Waals surface area contributed by atoms with E-state index < -0.39 is 5.97 Å². The van der Waals surface area contributed by atoms with Crippen LogP contribution in [0.25, 0.3) is 0 Å². The van der Waals surface area contributed by atoms with Gasteiger partial charge < -0.3 is 9.47 Å². The maximum absolute atomic E-state index is 11.6. The molecule has 0 spiro atoms. The number of hydrogen-bond donors (Lipinski definition) is 0. The summed E-state index contributed by atoms with van der Waals surface area (Å²) in [5.41, 5.74) is 0.0344. The fraction of sp³-hybridized carbons (Fsp3) is 0.429. The monoisotopic (exact) mass is 267 g/mol. The molecule has 0 aliphatic carbocycles. The molecule has 1 aromatic rings. The van der Waals surface area contributed by atoms with Gasteiger partial charge in [0.05, 0.1) is 18.3 Å². The van der Waals surface area contributed by atoms with Gasteiger partial charge in [-0.05, 0) is 38.1 Å². The molecule has 5 heteroatoms. The Morgan fingerprint density at radius 3 is 2.37 bits per heavy atom. The average molecular weight is 267 g/mol. The maximum atomic E-state index is 11.6. The van der Waals surface area contributed by atoms with Crippen molar-refractivity contribution in [1.82, 2.24) is 0 Å². The fourth-order valence-electron chi connectivity index (χ4n) is 1.17. The van der Waals surface area contributed by atoms with Gasteiger partial charge in [0.15, 0.2) is 0 Å². The normalized spacial score (nSPS) is 11.2. The largest absolute Gasteiger partial charge is 0.497 e. The van der Waals surface area contributed by atoms with Crippen molar-refractivity contribution in [3.63, 3.8) is 0 Å². The predicted octanol–water partition coefficient (Wildman–Crippen LogP) is 2.76. The molecule has 0 unspecified atom stereocenters. The second-order valence-corrected chi connectivity index (χ2v) is 4.53. The van der Waals surface area contributed by atoms with E-state index in [1.165, 1.54) is 6.61 Å². The summed E-state index contributed by atoms with van der Waals surface area (Å²) in [4.78, 5) is 21.0. The van der Waals surface area contributed by atoms with Crippen molar-refractivity contribution >= 4 is 5.97 Å². The number of carbonyl (C=O) groups excluding carboxylic acids is 1. The highest BCUT2D eigenvalue weighted by Gasteiger charge is 2.17. The lowest BCUT2D eigenvalue weighted by molar-refractivity contribution is -0.218. The van der Waals surface area contributed by atoms with Gasteiger partial charge in [0.1, 0.15) is 12.4 Å². The topological polar surface area (TPSA) is 54.0 Å². The molecular weight excluding hydrogens is 248 g/mol. The van der Waals surface area contributed by atoms with E-state index in [-0.39, 0.29) is 5.60 Å². The van der Waals surface area contributed by atoms with Crippen molar-refractivity contribution in [3.8, 4) is 5.75 Å². The van der Waals surface area contributed by atoms with E-state index in [1.807, 2.05) is 13.8 Å². The Kier molecular flexibility index (Phi) is 5.79. The highest BCUT2D eigenvalue weighted by molar-refractivity contribution is 5.89. The Morgan fingerprint density at radius 2 is 1.84 bits per heavy atom. The van der Waals surface area contributed by atoms with Crippen LogP contribution in [0.1, 0.15) is 30.6 Å². The van der Waals surface area contributed by atoms with Crippen LogP contribution in [0.3, 0.4) is 0 Å². The molecule has 0 aromatic heterocycles. The molecule has 0 atom stereocenters. The summed E-state index contributed by atoms with van der Waals surface area (Å²) < 4.78 is 10.2. The minimum atomic E-state index is -0.561. The third-order valence-electron chi connectivity index (χ3n) is 2.65. The van der Waals surface area contributed by atoms with Gasteiger partial charge in [-0.2, -0.15) is 4.89 Å². The number of benzene rings is 1. The summed E-state index contributed by atoms with van der Waals surface area (Å²) in [6.45, 7) is 5.20. The van der Waals surface area contributed by atoms with Gasteiger partial charge in [-0.1, -0.05) is 0 Å². The molecule has 105 valence electrons. The van der Waals surface area contributed by atoms with Crippen molar-refractivity contribution in [3.05, 3.63) is 36.4 Å².